The van der Waals surface area contributed by atoms with Crippen molar-refractivity contribution in [2.45, 2.75) is 12.1 Å². The highest BCUT2D eigenvalue weighted by Gasteiger charge is 2.56. The molecule has 0 amide bonds. The Morgan fingerprint density at radius 2 is 2.38 bits per heavy atom. The summed E-state index contributed by atoms with van der Waals surface area (Å²) in [6.45, 7) is 0.354. The highest BCUT2D eigenvalue weighted by atomic mass is 19.1. The summed E-state index contributed by atoms with van der Waals surface area (Å²) in [4.78, 5) is 11.5. The summed E-state index contributed by atoms with van der Waals surface area (Å²) >= 11 is 0. The summed E-state index contributed by atoms with van der Waals surface area (Å²) in [5.41, 5.74) is 1.18. The molecule has 3 unspecified atom stereocenters. The van der Waals surface area contributed by atoms with Gasteiger partial charge in [0, 0.05) is 17.4 Å². The van der Waals surface area contributed by atoms with Gasteiger partial charge in [0.2, 0.25) is 0 Å². The van der Waals surface area contributed by atoms with Crippen LogP contribution in [0.15, 0.2) is 18.2 Å². The van der Waals surface area contributed by atoms with Gasteiger partial charge in [-0.25, -0.2) is 9.18 Å². The van der Waals surface area contributed by atoms with Crippen molar-refractivity contribution in [3.05, 3.63) is 29.3 Å². The van der Waals surface area contributed by atoms with Crippen molar-refractivity contribution < 1.29 is 18.7 Å². The predicted octanol–water partition coefficient (Wildman–Crippen LogP) is 1.92. The number of methoxy groups -OCH3 is 1. The summed E-state index contributed by atoms with van der Waals surface area (Å²) in [5, 5.41) is 0. The molecule has 16 heavy (non-hydrogen) atoms. The number of esters is 1. The molecule has 1 aromatic carbocycles. The summed E-state index contributed by atoms with van der Waals surface area (Å²) < 4.78 is 23.5. The van der Waals surface area contributed by atoms with Crippen molar-refractivity contribution in [2.75, 3.05) is 13.7 Å². The van der Waals surface area contributed by atoms with Gasteiger partial charge in [0.25, 0.3) is 0 Å². The fraction of sp³-hybridized carbons (Fsp3) is 0.417. The van der Waals surface area contributed by atoms with Crippen molar-refractivity contribution in [3.8, 4) is 5.75 Å². The van der Waals surface area contributed by atoms with Crippen LogP contribution >= 0.6 is 0 Å². The summed E-state index contributed by atoms with van der Waals surface area (Å²) in [7, 11) is 1.32. The minimum Gasteiger partial charge on any atom is -0.492 e. The van der Waals surface area contributed by atoms with Gasteiger partial charge in [-0.05, 0) is 6.07 Å². The zero-order chi connectivity index (χ0) is 11.3. The Labute approximate surface area is 92.2 Å². The molecule has 4 heteroatoms. The van der Waals surface area contributed by atoms with E-state index in [-0.39, 0.29) is 11.8 Å². The number of hydrogen-bond donors (Lipinski definition) is 0. The lowest BCUT2D eigenvalue weighted by Gasteiger charge is -2.18. The van der Waals surface area contributed by atoms with Gasteiger partial charge in [0.15, 0.2) is 0 Å². The van der Waals surface area contributed by atoms with Gasteiger partial charge >= 0.3 is 5.97 Å². The van der Waals surface area contributed by atoms with Crippen LogP contribution in [0.25, 0.3) is 0 Å². The van der Waals surface area contributed by atoms with Crippen molar-refractivity contribution >= 4 is 5.97 Å². The lowest BCUT2D eigenvalue weighted by Crippen LogP contribution is -2.13. The largest absolute Gasteiger partial charge is 0.492 e. The number of fused-ring (bicyclic) bond motifs is 3. The Morgan fingerprint density at radius 1 is 1.56 bits per heavy atom. The van der Waals surface area contributed by atoms with E-state index < -0.39 is 12.1 Å². The average Bonchev–Trinajstić information content (AvgIpc) is 2.99. The number of alkyl halides is 1. The molecule has 0 saturated heterocycles. The summed E-state index contributed by atoms with van der Waals surface area (Å²) in [6.07, 6.45) is -0.825. The molecule has 1 aliphatic heterocycles. The maximum Gasteiger partial charge on any atom is 0.341 e. The molecule has 3 atom stereocenters. The Morgan fingerprint density at radius 3 is 3.12 bits per heavy atom. The molecule has 3 nitrogen and oxygen atoms in total. The molecular formula is C12H11FO3. The average molecular weight is 222 g/mol. The second-order valence-corrected chi connectivity index (χ2v) is 4.16. The highest BCUT2D eigenvalue weighted by molar-refractivity contribution is 5.93. The van der Waals surface area contributed by atoms with Gasteiger partial charge in [-0.15, -0.1) is 0 Å². The fourth-order valence-electron chi connectivity index (χ4n) is 2.36. The molecule has 1 fully saturated rings. The maximum atomic E-state index is 13.4. The fourth-order valence-corrected chi connectivity index (χ4v) is 2.36. The van der Waals surface area contributed by atoms with Crippen molar-refractivity contribution in [3.63, 3.8) is 0 Å². The lowest BCUT2D eigenvalue weighted by atomic mass is 10.0. The van der Waals surface area contributed by atoms with E-state index in [0.717, 1.165) is 5.56 Å². The number of carbonyl (C=O) groups is 1. The zero-order valence-corrected chi connectivity index (χ0v) is 8.77. The van der Waals surface area contributed by atoms with Crippen LogP contribution in [-0.2, 0) is 4.74 Å². The first-order valence-corrected chi connectivity index (χ1v) is 5.22. The number of hydrogen-bond acceptors (Lipinski definition) is 3. The Kier molecular flexibility index (Phi) is 1.93. The van der Waals surface area contributed by atoms with Crippen molar-refractivity contribution in [2.24, 2.45) is 5.92 Å². The molecule has 84 valence electrons. The third-order valence-electron chi connectivity index (χ3n) is 3.30. The number of para-hydroxylation sites is 1. The van der Waals surface area contributed by atoms with Gasteiger partial charge in [-0.3, -0.25) is 0 Å². The van der Waals surface area contributed by atoms with E-state index in [1.54, 1.807) is 12.1 Å². The molecule has 2 aliphatic rings. The SMILES string of the molecule is COC(=O)c1cccc2c1OCC1C(F)C21. The van der Waals surface area contributed by atoms with E-state index in [4.69, 9.17) is 4.74 Å². The van der Waals surface area contributed by atoms with Gasteiger partial charge in [0.1, 0.15) is 17.5 Å². The summed E-state index contributed by atoms with van der Waals surface area (Å²) in [5.74, 6) is -0.0594. The lowest BCUT2D eigenvalue weighted by molar-refractivity contribution is 0.0595. The maximum absolute atomic E-state index is 13.4. The van der Waals surface area contributed by atoms with Gasteiger partial charge < -0.3 is 9.47 Å². The first-order valence-electron chi connectivity index (χ1n) is 5.22. The molecule has 3 rings (SSSR count). The van der Waals surface area contributed by atoms with E-state index >= 15 is 0 Å². The first-order chi connectivity index (χ1) is 7.74. The third-order valence-corrected chi connectivity index (χ3v) is 3.30. The topological polar surface area (TPSA) is 35.5 Å². The van der Waals surface area contributed by atoms with E-state index in [1.165, 1.54) is 7.11 Å². The number of carbonyl (C=O) groups excluding carboxylic acids is 1. The van der Waals surface area contributed by atoms with Crippen LogP contribution in [0.3, 0.4) is 0 Å². The van der Waals surface area contributed by atoms with Crippen LogP contribution in [-0.4, -0.2) is 25.9 Å². The van der Waals surface area contributed by atoms with E-state index in [1.807, 2.05) is 6.07 Å². The molecule has 0 bridgehead atoms. The molecule has 0 N–H and O–H groups in total. The first kappa shape index (κ1) is 9.63. The Hall–Kier alpha value is -1.58. The van der Waals surface area contributed by atoms with Gasteiger partial charge in [-0.1, -0.05) is 12.1 Å². The minimum atomic E-state index is -0.825. The minimum absolute atomic E-state index is 0.0274. The quantitative estimate of drug-likeness (QED) is 0.681. The van der Waals surface area contributed by atoms with Crippen LogP contribution < -0.4 is 4.74 Å². The monoisotopic (exact) mass is 222 g/mol. The van der Waals surface area contributed by atoms with Crippen LogP contribution in [0, 0.1) is 5.92 Å². The molecule has 1 aromatic rings. The molecule has 0 spiro atoms. The third kappa shape index (κ3) is 1.16. The number of rotatable bonds is 1. The number of benzene rings is 1. The second-order valence-electron chi connectivity index (χ2n) is 4.16. The van der Waals surface area contributed by atoms with Crippen molar-refractivity contribution in [1.29, 1.82) is 0 Å². The van der Waals surface area contributed by atoms with Crippen LogP contribution in [0.5, 0.6) is 5.75 Å². The number of halogens is 1. The summed E-state index contributed by atoms with van der Waals surface area (Å²) in [6, 6.07) is 5.20. The van der Waals surface area contributed by atoms with Gasteiger partial charge in [-0.2, -0.15) is 0 Å². The van der Waals surface area contributed by atoms with Gasteiger partial charge in [0.05, 0.1) is 13.7 Å². The molecule has 0 radical (unpaired) electrons. The Bertz CT molecular complexity index is 458. The van der Waals surface area contributed by atoms with Crippen LogP contribution in [0.4, 0.5) is 4.39 Å². The predicted molar refractivity (Wildman–Crippen MR) is 54.4 cm³/mol. The molecule has 1 heterocycles. The number of ether oxygens (including phenoxy) is 2. The standard InChI is InChI=1S/C12H11FO3/c1-15-12(14)7-4-2-3-6-9-8(10(9)13)5-16-11(6)7/h2-4,8-10H,5H2,1H3. The smallest absolute Gasteiger partial charge is 0.341 e. The highest BCUT2D eigenvalue weighted by Crippen LogP contribution is 2.56. The molecule has 1 saturated carbocycles. The Balaban J connectivity index is 2.07. The van der Waals surface area contributed by atoms with E-state index in [9.17, 15) is 9.18 Å². The van der Waals surface area contributed by atoms with E-state index in [0.29, 0.717) is 17.9 Å². The van der Waals surface area contributed by atoms with E-state index in [2.05, 4.69) is 4.74 Å². The molecular weight excluding hydrogens is 211 g/mol. The van der Waals surface area contributed by atoms with Crippen molar-refractivity contribution in [1.82, 2.24) is 0 Å². The molecule has 1 aliphatic carbocycles. The van der Waals surface area contributed by atoms with Crippen LogP contribution in [0.1, 0.15) is 21.8 Å². The zero-order valence-electron chi connectivity index (χ0n) is 8.77. The normalized spacial score (nSPS) is 29.8. The second kappa shape index (κ2) is 3.20. The van der Waals surface area contributed by atoms with Crippen LogP contribution in [0.2, 0.25) is 0 Å². The molecule has 0 aromatic heterocycles.